The molecule has 31 heavy (non-hydrogen) atoms. The quantitative estimate of drug-likeness (QED) is 0.418. The summed E-state index contributed by atoms with van der Waals surface area (Å²) in [5.74, 6) is 1.21. The normalized spacial score (nSPS) is 10.8. The van der Waals surface area contributed by atoms with Crippen LogP contribution in [0.1, 0.15) is 0 Å². The number of hydrogen-bond donors (Lipinski definition) is 1. The van der Waals surface area contributed by atoms with E-state index in [2.05, 4.69) is 20.6 Å². The Bertz CT molecular complexity index is 1250. The summed E-state index contributed by atoms with van der Waals surface area (Å²) in [4.78, 5) is 12.3. The third-order valence-electron chi connectivity index (χ3n) is 4.35. The minimum Gasteiger partial charge on any atom is -0.493 e. The summed E-state index contributed by atoms with van der Waals surface area (Å²) in [5, 5.41) is 16.8. The zero-order chi connectivity index (χ0) is 21.8. The van der Waals surface area contributed by atoms with Crippen LogP contribution >= 0.6 is 23.4 Å². The number of methoxy groups -OCH3 is 2. The summed E-state index contributed by atoms with van der Waals surface area (Å²) in [6.45, 7) is 0. The SMILES string of the molecule is COc1ccc(-c2ccc3nnc(SCC(=O)Nc4cccc(Cl)c4)n3n2)cc1OC. The van der Waals surface area contributed by atoms with Gasteiger partial charge in [0.15, 0.2) is 17.1 Å². The Balaban J connectivity index is 1.53. The van der Waals surface area contributed by atoms with Gasteiger partial charge in [-0.15, -0.1) is 10.2 Å². The maximum absolute atomic E-state index is 12.3. The van der Waals surface area contributed by atoms with Crippen LogP contribution in [0.2, 0.25) is 5.02 Å². The molecular formula is C21H18ClN5O3S. The third kappa shape index (κ3) is 4.73. The average Bonchev–Trinajstić information content (AvgIpc) is 3.19. The molecule has 2 heterocycles. The molecule has 0 spiro atoms. The van der Waals surface area contributed by atoms with Crippen LogP contribution in [-0.2, 0) is 4.79 Å². The summed E-state index contributed by atoms with van der Waals surface area (Å²) in [7, 11) is 3.17. The maximum Gasteiger partial charge on any atom is 0.234 e. The van der Waals surface area contributed by atoms with Gasteiger partial charge >= 0.3 is 0 Å². The van der Waals surface area contributed by atoms with Crippen molar-refractivity contribution in [3.63, 3.8) is 0 Å². The predicted molar refractivity (Wildman–Crippen MR) is 120 cm³/mol. The van der Waals surface area contributed by atoms with Crippen molar-refractivity contribution in [2.24, 2.45) is 0 Å². The summed E-state index contributed by atoms with van der Waals surface area (Å²) < 4.78 is 12.3. The van der Waals surface area contributed by atoms with E-state index >= 15 is 0 Å². The number of amides is 1. The van der Waals surface area contributed by atoms with Crippen molar-refractivity contribution in [2.45, 2.75) is 5.16 Å². The smallest absolute Gasteiger partial charge is 0.234 e. The van der Waals surface area contributed by atoms with Crippen molar-refractivity contribution in [1.82, 2.24) is 19.8 Å². The van der Waals surface area contributed by atoms with Crippen molar-refractivity contribution >= 4 is 40.6 Å². The first-order valence-corrected chi connectivity index (χ1v) is 10.6. The first-order valence-electron chi connectivity index (χ1n) is 9.20. The number of aromatic nitrogens is 4. The van der Waals surface area contributed by atoms with E-state index in [4.69, 9.17) is 21.1 Å². The molecule has 0 saturated heterocycles. The van der Waals surface area contributed by atoms with Crippen LogP contribution in [0.25, 0.3) is 16.9 Å². The Morgan fingerprint density at radius 2 is 1.90 bits per heavy atom. The second-order valence-corrected chi connectivity index (χ2v) is 7.77. The van der Waals surface area contributed by atoms with Crippen molar-refractivity contribution in [3.8, 4) is 22.8 Å². The molecule has 0 atom stereocenters. The lowest BCUT2D eigenvalue weighted by Gasteiger charge is -2.09. The van der Waals surface area contributed by atoms with Crippen LogP contribution in [0.15, 0.2) is 59.8 Å². The molecule has 2 aromatic heterocycles. The number of halogens is 1. The van der Waals surface area contributed by atoms with Crippen LogP contribution in [0.3, 0.4) is 0 Å². The van der Waals surface area contributed by atoms with Gasteiger partial charge < -0.3 is 14.8 Å². The summed E-state index contributed by atoms with van der Waals surface area (Å²) in [6.07, 6.45) is 0. The number of carbonyl (C=O) groups excluding carboxylic acids is 1. The zero-order valence-electron chi connectivity index (χ0n) is 16.7. The van der Waals surface area contributed by atoms with E-state index < -0.39 is 0 Å². The molecule has 8 nitrogen and oxygen atoms in total. The fourth-order valence-electron chi connectivity index (χ4n) is 2.90. The zero-order valence-corrected chi connectivity index (χ0v) is 18.3. The van der Waals surface area contributed by atoms with Crippen LogP contribution < -0.4 is 14.8 Å². The molecule has 0 unspecified atom stereocenters. The molecule has 1 amide bonds. The van der Waals surface area contributed by atoms with Crippen molar-refractivity contribution < 1.29 is 14.3 Å². The first-order chi connectivity index (χ1) is 15.1. The number of nitrogens with one attached hydrogen (secondary N) is 1. The van der Waals surface area contributed by atoms with E-state index in [0.717, 1.165) is 5.56 Å². The second kappa shape index (κ2) is 9.23. The number of carbonyl (C=O) groups is 1. The van der Waals surface area contributed by atoms with Gasteiger partial charge in [0.05, 0.1) is 25.7 Å². The highest BCUT2D eigenvalue weighted by atomic mass is 35.5. The first kappa shape index (κ1) is 21.0. The van der Waals surface area contributed by atoms with Gasteiger partial charge in [-0.3, -0.25) is 4.79 Å². The number of nitrogens with zero attached hydrogens (tertiary/aromatic N) is 4. The standard InChI is InChI=1S/C21H18ClN5O3S/c1-29-17-8-6-13(10-18(17)30-2)16-7-9-19-24-25-21(27(19)26-16)31-12-20(28)23-15-5-3-4-14(22)11-15/h3-11H,12H2,1-2H3,(H,23,28). The van der Waals surface area contributed by atoms with Crippen molar-refractivity contribution in [3.05, 3.63) is 59.6 Å². The Morgan fingerprint density at radius 3 is 2.68 bits per heavy atom. The molecule has 4 aromatic rings. The van der Waals surface area contributed by atoms with Crippen molar-refractivity contribution in [1.29, 1.82) is 0 Å². The van der Waals surface area contributed by atoms with E-state index in [0.29, 0.717) is 38.7 Å². The number of benzene rings is 2. The average molecular weight is 456 g/mol. The lowest BCUT2D eigenvalue weighted by atomic mass is 10.1. The molecule has 2 aromatic carbocycles. The third-order valence-corrected chi connectivity index (χ3v) is 5.51. The second-order valence-electron chi connectivity index (χ2n) is 6.39. The molecule has 4 rings (SSSR count). The van der Waals surface area contributed by atoms with Gasteiger partial charge in [-0.25, -0.2) is 0 Å². The van der Waals surface area contributed by atoms with Crippen LogP contribution in [-0.4, -0.2) is 45.7 Å². The van der Waals surface area contributed by atoms with Crippen LogP contribution in [0.4, 0.5) is 5.69 Å². The lowest BCUT2D eigenvalue weighted by Crippen LogP contribution is -2.14. The van der Waals surface area contributed by atoms with E-state index in [9.17, 15) is 4.79 Å². The van der Waals surface area contributed by atoms with Gasteiger partial charge in [0, 0.05) is 16.3 Å². The summed E-state index contributed by atoms with van der Waals surface area (Å²) >= 11 is 7.19. The van der Waals surface area contributed by atoms with E-state index in [1.54, 1.807) is 43.0 Å². The Kier molecular flexibility index (Phi) is 6.24. The number of ether oxygens (including phenoxy) is 2. The fraction of sp³-hybridized carbons (Fsp3) is 0.143. The number of anilines is 1. The van der Waals surface area contributed by atoms with E-state index in [1.807, 2.05) is 30.3 Å². The molecule has 0 aliphatic heterocycles. The van der Waals surface area contributed by atoms with Crippen molar-refractivity contribution in [2.75, 3.05) is 25.3 Å². The van der Waals surface area contributed by atoms with Gasteiger partial charge in [-0.05, 0) is 48.5 Å². The number of rotatable bonds is 7. The number of fused-ring (bicyclic) bond motifs is 1. The molecule has 0 fully saturated rings. The molecule has 158 valence electrons. The molecule has 10 heteroatoms. The topological polar surface area (TPSA) is 90.6 Å². The molecule has 1 N–H and O–H groups in total. The Labute approximate surface area is 187 Å². The Hall–Kier alpha value is -3.30. The minimum absolute atomic E-state index is 0.148. The predicted octanol–water partition coefficient (Wildman–Crippen LogP) is 4.19. The molecular weight excluding hydrogens is 438 g/mol. The van der Waals surface area contributed by atoms with Gasteiger partial charge in [0.25, 0.3) is 0 Å². The fourth-order valence-corrected chi connectivity index (χ4v) is 3.78. The highest BCUT2D eigenvalue weighted by molar-refractivity contribution is 7.99. The monoisotopic (exact) mass is 455 g/mol. The largest absolute Gasteiger partial charge is 0.493 e. The van der Waals surface area contributed by atoms with Crippen LogP contribution in [0.5, 0.6) is 11.5 Å². The lowest BCUT2D eigenvalue weighted by molar-refractivity contribution is -0.113. The molecule has 0 bridgehead atoms. The highest BCUT2D eigenvalue weighted by Crippen LogP contribution is 2.31. The highest BCUT2D eigenvalue weighted by Gasteiger charge is 2.13. The Morgan fingerprint density at radius 1 is 1.06 bits per heavy atom. The minimum atomic E-state index is -0.180. The molecule has 0 saturated carbocycles. The van der Waals surface area contributed by atoms with Gasteiger partial charge in [-0.2, -0.15) is 9.61 Å². The van der Waals surface area contributed by atoms with Gasteiger partial charge in [-0.1, -0.05) is 29.4 Å². The van der Waals surface area contributed by atoms with E-state index in [-0.39, 0.29) is 11.7 Å². The summed E-state index contributed by atoms with van der Waals surface area (Å²) in [5.41, 5.74) is 2.78. The summed E-state index contributed by atoms with van der Waals surface area (Å²) in [6, 6.07) is 16.2. The molecule has 0 aliphatic carbocycles. The maximum atomic E-state index is 12.3. The van der Waals surface area contributed by atoms with Crippen LogP contribution in [0, 0.1) is 0 Å². The molecule has 0 aliphatic rings. The number of hydrogen-bond acceptors (Lipinski definition) is 7. The van der Waals surface area contributed by atoms with E-state index in [1.165, 1.54) is 11.8 Å². The van der Waals surface area contributed by atoms with Gasteiger partial charge in [0.2, 0.25) is 11.1 Å². The molecule has 0 radical (unpaired) electrons. The van der Waals surface area contributed by atoms with Gasteiger partial charge in [0.1, 0.15) is 0 Å². The number of thioether (sulfide) groups is 1.